The van der Waals surface area contributed by atoms with Crippen molar-refractivity contribution in [2.24, 2.45) is 5.10 Å². The van der Waals surface area contributed by atoms with Gasteiger partial charge in [0.25, 0.3) is 0 Å². The summed E-state index contributed by atoms with van der Waals surface area (Å²) in [5.74, 6) is -0.269. The Morgan fingerprint density at radius 3 is 3.00 bits per heavy atom. The second-order valence-electron chi connectivity index (χ2n) is 3.93. The van der Waals surface area contributed by atoms with Crippen LogP contribution in [0.15, 0.2) is 29.4 Å². The summed E-state index contributed by atoms with van der Waals surface area (Å²) in [5, 5.41) is 4.84. The molecule has 5 nitrogen and oxygen atoms in total. The number of esters is 1. The number of ether oxygens (including phenoxy) is 1. The van der Waals surface area contributed by atoms with Gasteiger partial charge in [-0.05, 0) is 26.0 Å². The maximum atomic E-state index is 11.3. The van der Waals surface area contributed by atoms with Crippen LogP contribution >= 0.6 is 11.3 Å². The van der Waals surface area contributed by atoms with E-state index < -0.39 is 0 Å². The first kappa shape index (κ1) is 13.5. The summed E-state index contributed by atoms with van der Waals surface area (Å²) in [7, 11) is 0. The molecule has 19 heavy (non-hydrogen) atoms. The van der Waals surface area contributed by atoms with Crippen molar-refractivity contribution in [3.8, 4) is 0 Å². The van der Waals surface area contributed by atoms with Crippen LogP contribution in [0.1, 0.15) is 20.3 Å². The Kier molecular flexibility index (Phi) is 4.46. The Hall–Kier alpha value is -1.95. The molecule has 0 atom stereocenters. The second-order valence-corrected chi connectivity index (χ2v) is 4.96. The largest absolute Gasteiger partial charge is 0.466 e. The highest BCUT2D eigenvalue weighted by Gasteiger charge is 2.05. The summed E-state index contributed by atoms with van der Waals surface area (Å²) in [6, 6.07) is 7.88. The smallest absolute Gasteiger partial charge is 0.311 e. The first-order chi connectivity index (χ1) is 9.19. The predicted octanol–water partition coefficient (Wildman–Crippen LogP) is 3.04. The predicted molar refractivity (Wildman–Crippen MR) is 77.6 cm³/mol. The molecule has 100 valence electrons. The van der Waals surface area contributed by atoms with Crippen LogP contribution in [0.2, 0.25) is 0 Å². The number of nitrogens with zero attached hydrogens (tertiary/aromatic N) is 2. The van der Waals surface area contributed by atoms with Crippen molar-refractivity contribution >= 4 is 38.4 Å². The maximum Gasteiger partial charge on any atom is 0.311 e. The number of nitrogens with one attached hydrogen (secondary N) is 1. The molecule has 0 unspecified atom stereocenters. The van der Waals surface area contributed by atoms with Gasteiger partial charge in [0.1, 0.15) is 0 Å². The molecule has 1 aromatic heterocycles. The van der Waals surface area contributed by atoms with E-state index in [-0.39, 0.29) is 12.4 Å². The number of hydrazone groups is 1. The van der Waals surface area contributed by atoms with Gasteiger partial charge in [-0.25, -0.2) is 4.98 Å². The second kappa shape index (κ2) is 6.29. The molecule has 1 heterocycles. The number of para-hydroxylation sites is 1. The number of hydrogen-bond donors (Lipinski definition) is 1. The molecule has 0 spiro atoms. The molecule has 2 aromatic rings. The van der Waals surface area contributed by atoms with E-state index >= 15 is 0 Å². The summed E-state index contributed by atoms with van der Waals surface area (Å²) in [6.07, 6.45) is 0.186. The summed E-state index contributed by atoms with van der Waals surface area (Å²) < 4.78 is 5.95. The summed E-state index contributed by atoms with van der Waals surface area (Å²) >= 11 is 1.52. The van der Waals surface area contributed by atoms with Crippen LogP contribution in [0.4, 0.5) is 5.13 Å². The van der Waals surface area contributed by atoms with E-state index in [4.69, 9.17) is 4.74 Å². The van der Waals surface area contributed by atoms with Crippen molar-refractivity contribution in [3.63, 3.8) is 0 Å². The standard InChI is InChI=1S/C13H15N3O2S/c1-3-18-12(17)8-9(2)15-16-13-14-10-6-4-5-7-11(10)19-13/h4-7H,3,8H2,1-2H3,(H,14,16)/b15-9+. The first-order valence-corrected chi connectivity index (χ1v) is 6.81. The van der Waals surface area contributed by atoms with Crippen LogP contribution in [-0.4, -0.2) is 23.3 Å². The number of aromatic nitrogens is 1. The zero-order valence-electron chi connectivity index (χ0n) is 10.8. The van der Waals surface area contributed by atoms with Gasteiger partial charge in [-0.15, -0.1) is 0 Å². The number of hydrogen-bond acceptors (Lipinski definition) is 6. The van der Waals surface area contributed by atoms with Crippen LogP contribution in [0.5, 0.6) is 0 Å². The number of carbonyl (C=O) groups excluding carboxylic acids is 1. The lowest BCUT2D eigenvalue weighted by Gasteiger charge is -2.01. The van der Waals surface area contributed by atoms with Crippen molar-refractivity contribution in [2.45, 2.75) is 20.3 Å². The Morgan fingerprint density at radius 1 is 1.47 bits per heavy atom. The van der Waals surface area contributed by atoms with E-state index in [0.717, 1.165) is 10.2 Å². The third-order valence-electron chi connectivity index (χ3n) is 2.34. The number of rotatable bonds is 5. The summed E-state index contributed by atoms with van der Waals surface area (Å²) in [5.41, 5.74) is 4.47. The molecule has 0 bridgehead atoms. The third kappa shape index (κ3) is 3.75. The van der Waals surface area contributed by atoms with Crippen molar-refractivity contribution in [1.29, 1.82) is 0 Å². The van der Waals surface area contributed by atoms with Crippen molar-refractivity contribution < 1.29 is 9.53 Å². The summed E-state index contributed by atoms with van der Waals surface area (Å²) in [6.45, 7) is 3.94. The molecule has 6 heteroatoms. The highest BCUT2D eigenvalue weighted by atomic mass is 32.1. The summed E-state index contributed by atoms with van der Waals surface area (Å²) in [4.78, 5) is 15.6. The average molecular weight is 277 g/mol. The molecule has 0 aliphatic heterocycles. The van der Waals surface area contributed by atoms with E-state index in [1.165, 1.54) is 11.3 Å². The normalized spacial score (nSPS) is 11.6. The van der Waals surface area contributed by atoms with Crippen LogP contribution < -0.4 is 5.43 Å². The minimum atomic E-state index is -0.269. The number of thiazole rings is 1. The highest BCUT2D eigenvalue weighted by molar-refractivity contribution is 7.22. The molecule has 0 aliphatic carbocycles. The number of anilines is 1. The molecule has 0 radical (unpaired) electrons. The van der Waals surface area contributed by atoms with Crippen LogP contribution in [0.25, 0.3) is 10.2 Å². The Labute approximate surface area is 115 Å². The highest BCUT2D eigenvalue weighted by Crippen LogP contribution is 2.25. The van der Waals surface area contributed by atoms with Gasteiger partial charge >= 0.3 is 5.97 Å². The molecule has 0 saturated heterocycles. The van der Waals surface area contributed by atoms with Crippen LogP contribution in [0.3, 0.4) is 0 Å². The molecule has 1 N–H and O–H groups in total. The van der Waals surface area contributed by atoms with Gasteiger partial charge in [-0.1, -0.05) is 23.5 Å². The fraction of sp³-hybridized carbons (Fsp3) is 0.308. The third-order valence-corrected chi connectivity index (χ3v) is 3.28. The molecular formula is C13H15N3O2S. The maximum absolute atomic E-state index is 11.3. The molecule has 0 fully saturated rings. The Morgan fingerprint density at radius 2 is 2.26 bits per heavy atom. The first-order valence-electron chi connectivity index (χ1n) is 5.99. The minimum Gasteiger partial charge on any atom is -0.466 e. The number of fused-ring (bicyclic) bond motifs is 1. The van der Waals surface area contributed by atoms with E-state index in [2.05, 4.69) is 15.5 Å². The molecule has 1 aromatic carbocycles. The Balaban J connectivity index is 1.99. The lowest BCUT2D eigenvalue weighted by molar-refractivity contribution is -0.141. The molecular weight excluding hydrogens is 262 g/mol. The quantitative estimate of drug-likeness (QED) is 0.518. The van der Waals surface area contributed by atoms with Crippen LogP contribution in [-0.2, 0) is 9.53 Å². The van der Waals surface area contributed by atoms with Crippen molar-refractivity contribution in [1.82, 2.24) is 4.98 Å². The fourth-order valence-electron chi connectivity index (χ4n) is 1.52. The number of benzene rings is 1. The lowest BCUT2D eigenvalue weighted by Crippen LogP contribution is -2.09. The van der Waals surface area contributed by atoms with E-state index in [0.29, 0.717) is 17.5 Å². The SMILES string of the molecule is CCOC(=O)C/C(C)=N/Nc1nc2ccccc2s1. The van der Waals surface area contributed by atoms with Gasteiger partial charge in [0, 0.05) is 5.71 Å². The monoisotopic (exact) mass is 277 g/mol. The average Bonchev–Trinajstić information content (AvgIpc) is 2.79. The minimum absolute atomic E-state index is 0.186. The van der Waals surface area contributed by atoms with Gasteiger partial charge < -0.3 is 4.74 Å². The molecule has 0 saturated carbocycles. The van der Waals surface area contributed by atoms with E-state index in [1.54, 1.807) is 13.8 Å². The lowest BCUT2D eigenvalue weighted by atomic mass is 10.3. The van der Waals surface area contributed by atoms with Crippen LogP contribution in [0, 0.1) is 0 Å². The zero-order valence-corrected chi connectivity index (χ0v) is 11.7. The van der Waals surface area contributed by atoms with Crippen molar-refractivity contribution in [2.75, 3.05) is 12.0 Å². The number of carbonyl (C=O) groups is 1. The van der Waals surface area contributed by atoms with Gasteiger partial charge in [0.2, 0.25) is 5.13 Å². The van der Waals surface area contributed by atoms with Gasteiger partial charge in [0.05, 0.1) is 23.2 Å². The van der Waals surface area contributed by atoms with Crippen molar-refractivity contribution in [3.05, 3.63) is 24.3 Å². The molecule has 2 rings (SSSR count). The van der Waals surface area contributed by atoms with Gasteiger partial charge in [-0.3, -0.25) is 10.2 Å². The van der Waals surface area contributed by atoms with Gasteiger partial charge in [0.15, 0.2) is 0 Å². The van der Waals surface area contributed by atoms with E-state index in [1.807, 2.05) is 24.3 Å². The van der Waals surface area contributed by atoms with E-state index in [9.17, 15) is 4.79 Å². The Bertz CT molecular complexity index is 574. The fourth-order valence-corrected chi connectivity index (χ4v) is 2.33. The zero-order chi connectivity index (χ0) is 13.7. The topological polar surface area (TPSA) is 63.6 Å². The molecule has 0 aliphatic rings. The molecule has 0 amide bonds. The van der Waals surface area contributed by atoms with Gasteiger partial charge in [-0.2, -0.15) is 5.10 Å².